The summed E-state index contributed by atoms with van der Waals surface area (Å²) in [6.07, 6.45) is 1.69. The van der Waals surface area contributed by atoms with E-state index in [9.17, 15) is 9.59 Å². The molecule has 0 atom stereocenters. The van der Waals surface area contributed by atoms with Gasteiger partial charge in [0.05, 0.1) is 9.93 Å². The van der Waals surface area contributed by atoms with Crippen molar-refractivity contribution in [2.45, 2.75) is 0 Å². The topological polar surface area (TPSA) is 67.4 Å². The molecule has 0 unspecified atom stereocenters. The monoisotopic (exact) mass is 404 g/mol. The van der Waals surface area contributed by atoms with Crippen molar-refractivity contribution < 1.29 is 14.3 Å². The molecule has 3 rings (SSSR count). The number of benzene rings is 2. The number of thioether (sulfide) groups is 1. The van der Waals surface area contributed by atoms with Crippen LogP contribution in [0.1, 0.15) is 5.56 Å². The third kappa shape index (κ3) is 4.85. The maximum absolute atomic E-state index is 11.9. The molecule has 0 spiro atoms. The molecule has 2 aromatic rings. The maximum Gasteiger partial charge on any atom is 0.263 e. The van der Waals surface area contributed by atoms with Gasteiger partial charge in [0.2, 0.25) is 0 Å². The summed E-state index contributed by atoms with van der Waals surface area (Å²) < 4.78 is 5.89. The van der Waals surface area contributed by atoms with Crippen molar-refractivity contribution in [1.82, 2.24) is 5.32 Å². The Morgan fingerprint density at radius 3 is 2.69 bits per heavy atom. The Hall–Kier alpha value is -2.35. The second-order valence-electron chi connectivity index (χ2n) is 5.24. The predicted molar refractivity (Wildman–Crippen MR) is 108 cm³/mol. The maximum atomic E-state index is 11.9. The molecule has 2 N–H and O–H groups in total. The van der Waals surface area contributed by atoms with Gasteiger partial charge >= 0.3 is 0 Å². The van der Waals surface area contributed by atoms with Crippen molar-refractivity contribution >= 4 is 63.5 Å². The Labute approximate surface area is 164 Å². The van der Waals surface area contributed by atoms with Gasteiger partial charge in [-0.15, -0.1) is 0 Å². The molecule has 1 aliphatic rings. The van der Waals surface area contributed by atoms with E-state index in [1.807, 2.05) is 18.2 Å². The van der Waals surface area contributed by atoms with E-state index >= 15 is 0 Å². The standard InChI is InChI=1S/C18H13ClN2O3S2/c19-13-8-11(9-15-17(23)21-18(25)26-15)6-7-14(13)24-10-16(22)20-12-4-2-1-3-5-12/h1-9H,10H2,(H,20,22)(H,21,23,25)/b15-9-. The van der Waals surface area contributed by atoms with E-state index in [0.29, 0.717) is 25.7 Å². The van der Waals surface area contributed by atoms with Crippen LogP contribution in [-0.2, 0) is 9.59 Å². The molecule has 0 radical (unpaired) electrons. The molecular weight excluding hydrogens is 392 g/mol. The van der Waals surface area contributed by atoms with E-state index in [0.717, 1.165) is 5.56 Å². The van der Waals surface area contributed by atoms with Crippen LogP contribution in [0.5, 0.6) is 5.75 Å². The normalized spacial score (nSPS) is 15.0. The minimum Gasteiger partial charge on any atom is -0.482 e. The molecular formula is C18H13ClN2O3S2. The number of ether oxygens (including phenoxy) is 1. The van der Waals surface area contributed by atoms with Crippen molar-refractivity contribution in [1.29, 1.82) is 0 Å². The number of thiocarbonyl (C=S) groups is 1. The Morgan fingerprint density at radius 2 is 2.04 bits per heavy atom. The van der Waals surface area contributed by atoms with Gasteiger partial charge in [0.15, 0.2) is 6.61 Å². The SMILES string of the molecule is O=C(COc1ccc(/C=C2\SC(=S)NC2=O)cc1Cl)Nc1ccccc1. The lowest BCUT2D eigenvalue weighted by atomic mass is 10.2. The van der Waals surface area contributed by atoms with E-state index in [4.69, 9.17) is 28.6 Å². The molecule has 1 heterocycles. The zero-order valence-electron chi connectivity index (χ0n) is 13.3. The van der Waals surface area contributed by atoms with Gasteiger partial charge in [0.25, 0.3) is 11.8 Å². The molecule has 0 bridgehead atoms. The average molecular weight is 405 g/mol. The molecule has 1 aliphatic heterocycles. The van der Waals surface area contributed by atoms with E-state index in [1.165, 1.54) is 11.8 Å². The lowest BCUT2D eigenvalue weighted by molar-refractivity contribution is -0.118. The summed E-state index contributed by atoms with van der Waals surface area (Å²) in [5, 5.41) is 5.62. The summed E-state index contributed by atoms with van der Waals surface area (Å²) in [6, 6.07) is 14.2. The van der Waals surface area contributed by atoms with E-state index < -0.39 is 0 Å². The van der Waals surface area contributed by atoms with Crippen LogP contribution in [0.2, 0.25) is 5.02 Å². The summed E-state index contributed by atoms with van der Waals surface area (Å²) in [6.45, 7) is -0.165. The number of nitrogens with one attached hydrogen (secondary N) is 2. The zero-order valence-corrected chi connectivity index (χ0v) is 15.7. The molecule has 26 heavy (non-hydrogen) atoms. The Kier molecular flexibility index (Phi) is 5.92. The largest absolute Gasteiger partial charge is 0.482 e. The van der Waals surface area contributed by atoms with Crippen molar-refractivity contribution in [3.63, 3.8) is 0 Å². The molecule has 1 saturated heterocycles. The Balaban J connectivity index is 1.61. The lowest BCUT2D eigenvalue weighted by Gasteiger charge is -2.09. The second-order valence-corrected chi connectivity index (χ2v) is 7.37. The molecule has 0 aromatic heterocycles. The molecule has 0 saturated carbocycles. The first kappa shape index (κ1) is 18.4. The predicted octanol–water partition coefficient (Wildman–Crippen LogP) is 3.85. The van der Waals surface area contributed by atoms with Gasteiger partial charge in [-0.05, 0) is 35.9 Å². The number of rotatable bonds is 5. The van der Waals surface area contributed by atoms with Gasteiger partial charge in [0.1, 0.15) is 10.1 Å². The van der Waals surface area contributed by atoms with Gasteiger partial charge in [0, 0.05) is 5.69 Å². The molecule has 2 aromatic carbocycles. The number of para-hydroxylation sites is 1. The van der Waals surface area contributed by atoms with E-state index in [2.05, 4.69) is 10.6 Å². The Morgan fingerprint density at radius 1 is 1.27 bits per heavy atom. The first-order valence-corrected chi connectivity index (χ1v) is 9.13. The molecule has 2 amide bonds. The lowest BCUT2D eigenvalue weighted by Crippen LogP contribution is -2.20. The van der Waals surface area contributed by atoms with Gasteiger partial charge in [-0.25, -0.2) is 0 Å². The highest BCUT2D eigenvalue weighted by atomic mass is 35.5. The molecule has 132 valence electrons. The third-order valence-corrected chi connectivity index (χ3v) is 4.77. The first-order chi connectivity index (χ1) is 12.5. The highest BCUT2D eigenvalue weighted by Crippen LogP contribution is 2.30. The minimum absolute atomic E-state index is 0.165. The fraction of sp³-hybridized carbons (Fsp3) is 0.0556. The third-order valence-electron chi connectivity index (χ3n) is 3.31. The van der Waals surface area contributed by atoms with Crippen molar-refractivity contribution in [2.24, 2.45) is 0 Å². The fourth-order valence-corrected chi connectivity index (χ4v) is 3.45. The molecule has 8 heteroatoms. The quantitative estimate of drug-likeness (QED) is 0.585. The van der Waals surface area contributed by atoms with Crippen LogP contribution in [-0.4, -0.2) is 22.7 Å². The number of amides is 2. The van der Waals surface area contributed by atoms with Crippen LogP contribution in [0, 0.1) is 0 Å². The van der Waals surface area contributed by atoms with Crippen LogP contribution in [0.3, 0.4) is 0 Å². The highest BCUT2D eigenvalue weighted by molar-refractivity contribution is 8.26. The average Bonchev–Trinajstić information content (AvgIpc) is 2.92. The zero-order chi connectivity index (χ0) is 18.5. The Bertz CT molecular complexity index is 901. The van der Waals surface area contributed by atoms with Crippen molar-refractivity contribution in [3.05, 3.63) is 64.0 Å². The molecule has 1 fully saturated rings. The summed E-state index contributed by atoms with van der Waals surface area (Å²) >= 11 is 12.4. The number of hydrogen-bond donors (Lipinski definition) is 2. The van der Waals surface area contributed by atoms with Gasteiger partial charge in [-0.3, -0.25) is 9.59 Å². The van der Waals surface area contributed by atoms with E-state index in [-0.39, 0.29) is 18.4 Å². The number of halogens is 1. The van der Waals surface area contributed by atoms with Crippen molar-refractivity contribution in [2.75, 3.05) is 11.9 Å². The fourth-order valence-electron chi connectivity index (χ4n) is 2.16. The van der Waals surface area contributed by atoms with Crippen molar-refractivity contribution in [3.8, 4) is 5.75 Å². The highest BCUT2D eigenvalue weighted by Gasteiger charge is 2.22. The van der Waals surface area contributed by atoms with Crippen LogP contribution in [0.4, 0.5) is 5.69 Å². The second kappa shape index (κ2) is 8.35. The summed E-state index contributed by atoms with van der Waals surface area (Å²) in [4.78, 5) is 24.1. The molecule has 0 aliphatic carbocycles. The van der Waals surface area contributed by atoms with Gasteiger partial charge in [-0.2, -0.15) is 0 Å². The first-order valence-electron chi connectivity index (χ1n) is 7.53. The summed E-state index contributed by atoms with van der Waals surface area (Å²) in [5.41, 5.74) is 1.43. The summed E-state index contributed by atoms with van der Waals surface area (Å²) in [5.74, 6) is -0.129. The van der Waals surface area contributed by atoms with Crippen LogP contribution in [0.25, 0.3) is 6.08 Å². The van der Waals surface area contributed by atoms with Crippen LogP contribution >= 0.6 is 35.6 Å². The van der Waals surface area contributed by atoms with Gasteiger partial charge in [-0.1, -0.05) is 59.8 Å². The number of anilines is 1. The number of hydrogen-bond acceptors (Lipinski definition) is 5. The van der Waals surface area contributed by atoms with Crippen LogP contribution < -0.4 is 15.4 Å². The van der Waals surface area contributed by atoms with Gasteiger partial charge < -0.3 is 15.4 Å². The smallest absolute Gasteiger partial charge is 0.263 e. The minimum atomic E-state index is -0.286. The molecule has 5 nitrogen and oxygen atoms in total. The van der Waals surface area contributed by atoms with E-state index in [1.54, 1.807) is 36.4 Å². The number of carbonyl (C=O) groups is 2. The summed E-state index contributed by atoms with van der Waals surface area (Å²) in [7, 11) is 0. The number of carbonyl (C=O) groups excluding carboxylic acids is 2. The van der Waals surface area contributed by atoms with Crippen LogP contribution in [0.15, 0.2) is 53.4 Å².